The first-order valence-electron chi connectivity index (χ1n) is 20.9. The number of hydrogen-bond acceptors (Lipinski definition) is 2. The molecule has 11 rings (SSSR count). The second-order valence-electron chi connectivity index (χ2n) is 19.7. The van der Waals surface area contributed by atoms with Crippen LogP contribution >= 0.6 is 0 Å². The van der Waals surface area contributed by atoms with Crippen LogP contribution in [0, 0.1) is 0 Å². The van der Waals surface area contributed by atoms with Crippen LogP contribution in [0.25, 0.3) is 27.5 Å². The van der Waals surface area contributed by atoms with Gasteiger partial charge in [0, 0.05) is 50.1 Å². The second kappa shape index (κ2) is 11.2. The minimum atomic E-state index is -0.0420. The summed E-state index contributed by atoms with van der Waals surface area (Å²) in [7, 11) is 0. The maximum absolute atomic E-state index is 2.86. The van der Waals surface area contributed by atoms with E-state index < -0.39 is 0 Å². The predicted octanol–water partition coefficient (Wildman–Crippen LogP) is 11.7. The molecule has 0 bridgehead atoms. The molecule has 1 saturated carbocycles. The van der Waals surface area contributed by atoms with Crippen LogP contribution in [0.1, 0.15) is 97.8 Å². The van der Waals surface area contributed by atoms with Gasteiger partial charge in [0.2, 0.25) is 0 Å². The molecule has 7 aromatic rings. The van der Waals surface area contributed by atoms with E-state index in [4.69, 9.17) is 0 Å². The number of anilines is 5. The number of nitrogens with zero attached hydrogens (tertiary/aromatic N) is 3. The van der Waals surface area contributed by atoms with Crippen molar-refractivity contribution in [3.8, 4) is 5.69 Å². The lowest BCUT2D eigenvalue weighted by Gasteiger charge is -2.52. The molecule has 0 amide bonds. The lowest BCUT2D eigenvalue weighted by Crippen LogP contribution is -2.64. The summed E-state index contributed by atoms with van der Waals surface area (Å²) in [5, 5.41) is 2.66. The van der Waals surface area contributed by atoms with Gasteiger partial charge in [-0.25, -0.2) is 0 Å². The Labute approximate surface area is 333 Å². The Bertz CT molecular complexity index is 2700. The van der Waals surface area contributed by atoms with Gasteiger partial charge in [-0.2, -0.15) is 0 Å². The Morgan fingerprint density at radius 3 is 1.86 bits per heavy atom. The highest BCUT2D eigenvalue weighted by Crippen LogP contribution is 2.61. The molecule has 0 spiro atoms. The topological polar surface area (TPSA) is 11.4 Å². The molecule has 56 heavy (non-hydrogen) atoms. The molecule has 4 heteroatoms. The van der Waals surface area contributed by atoms with Crippen molar-refractivity contribution in [2.75, 3.05) is 9.80 Å². The summed E-state index contributed by atoms with van der Waals surface area (Å²) >= 11 is 0. The molecule has 278 valence electrons. The van der Waals surface area contributed by atoms with Crippen molar-refractivity contribution in [3.63, 3.8) is 0 Å². The highest BCUT2D eigenvalue weighted by atomic mass is 15.3. The standard InChI is InChI=1S/C52H52BN3/c1-49(2,3)33-21-25-35(26-22-33)54(36-27-23-34(24-28-36)50(4,5)6)37-31-44-46-45(32-37)56-48-40(51(7)29-11-12-30-52(51,56)8)17-14-19-42(48)53(46)41-18-13-16-39-38-15-9-10-20-43(38)55(44)47(39)41/h9-10,13-28,31-32H,11-12,29-30H2,1-8H3. The fourth-order valence-electron chi connectivity index (χ4n) is 11.5. The van der Waals surface area contributed by atoms with Gasteiger partial charge in [-0.05, 0) is 106 Å². The Balaban J connectivity index is 1.26. The van der Waals surface area contributed by atoms with E-state index >= 15 is 0 Å². The van der Waals surface area contributed by atoms with Crippen molar-refractivity contribution in [1.82, 2.24) is 4.57 Å². The molecular formula is C52H52BN3. The van der Waals surface area contributed by atoms with Crippen molar-refractivity contribution >= 4 is 73.3 Å². The highest BCUT2D eigenvalue weighted by molar-refractivity contribution is 7.00. The molecule has 0 radical (unpaired) electrons. The second-order valence-corrected chi connectivity index (χ2v) is 19.7. The quantitative estimate of drug-likeness (QED) is 0.168. The lowest BCUT2D eigenvalue weighted by molar-refractivity contribution is 0.195. The summed E-state index contributed by atoms with van der Waals surface area (Å²) in [5.41, 5.74) is 19.1. The van der Waals surface area contributed by atoms with E-state index in [1.165, 1.54) is 109 Å². The molecule has 3 aliphatic heterocycles. The van der Waals surface area contributed by atoms with Crippen molar-refractivity contribution in [2.24, 2.45) is 0 Å². The lowest BCUT2D eigenvalue weighted by atomic mass is 9.33. The zero-order valence-electron chi connectivity index (χ0n) is 34.3. The molecule has 0 saturated heterocycles. The van der Waals surface area contributed by atoms with Crippen LogP contribution in [0.2, 0.25) is 0 Å². The summed E-state index contributed by atoms with van der Waals surface area (Å²) < 4.78 is 2.62. The largest absolute Gasteiger partial charge is 0.335 e. The molecular weight excluding hydrogens is 677 g/mol. The van der Waals surface area contributed by atoms with Crippen LogP contribution in [0.4, 0.5) is 28.4 Å². The summed E-state index contributed by atoms with van der Waals surface area (Å²) in [4.78, 5) is 5.38. The van der Waals surface area contributed by atoms with E-state index in [9.17, 15) is 0 Å². The Hall–Kier alpha value is -5.22. The average Bonchev–Trinajstić information content (AvgIpc) is 3.63. The van der Waals surface area contributed by atoms with Gasteiger partial charge in [-0.15, -0.1) is 0 Å². The maximum Gasteiger partial charge on any atom is 0.252 e. The van der Waals surface area contributed by atoms with E-state index in [1.807, 2.05) is 0 Å². The maximum atomic E-state index is 2.86. The van der Waals surface area contributed by atoms with Gasteiger partial charge in [0.25, 0.3) is 6.71 Å². The molecule has 3 nitrogen and oxygen atoms in total. The third-order valence-corrected chi connectivity index (χ3v) is 14.6. The number of para-hydroxylation sites is 3. The van der Waals surface area contributed by atoms with Gasteiger partial charge in [-0.1, -0.05) is 140 Å². The van der Waals surface area contributed by atoms with Crippen LogP contribution in [-0.2, 0) is 16.2 Å². The molecule has 2 unspecified atom stereocenters. The first-order chi connectivity index (χ1) is 26.8. The molecule has 1 aromatic heterocycles. The molecule has 2 atom stereocenters. The summed E-state index contributed by atoms with van der Waals surface area (Å²) in [5.74, 6) is 0. The predicted molar refractivity (Wildman–Crippen MR) is 240 cm³/mol. The smallest absolute Gasteiger partial charge is 0.252 e. The van der Waals surface area contributed by atoms with Crippen LogP contribution in [0.15, 0.2) is 121 Å². The summed E-state index contributed by atoms with van der Waals surface area (Å²) in [6, 6.07) is 47.2. The van der Waals surface area contributed by atoms with Gasteiger partial charge < -0.3 is 14.4 Å². The minimum Gasteiger partial charge on any atom is -0.335 e. The molecule has 4 heterocycles. The van der Waals surface area contributed by atoms with Crippen LogP contribution < -0.4 is 26.2 Å². The van der Waals surface area contributed by atoms with Gasteiger partial charge in [0.1, 0.15) is 0 Å². The highest BCUT2D eigenvalue weighted by Gasteiger charge is 2.61. The monoisotopic (exact) mass is 729 g/mol. The third-order valence-electron chi connectivity index (χ3n) is 14.6. The molecule has 4 aliphatic rings. The van der Waals surface area contributed by atoms with E-state index in [-0.39, 0.29) is 28.5 Å². The fourth-order valence-corrected chi connectivity index (χ4v) is 11.5. The van der Waals surface area contributed by atoms with Crippen LogP contribution in [0.3, 0.4) is 0 Å². The van der Waals surface area contributed by atoms with E-state index in [1.54, 1.807) is 5.56 Å². The van der Waals surface area contributed by atoms with E-state index in [0.717, 1.165) is 0 Å². The van der Waals surface area contributed by atoms with Crippen LogP contribution in [0.5, 0.6) is 0 Å². The normalized spacial score (nSPS) is 20.6. The summed E-state index contributed by atoms with van der Waals surface area (Å²) in [6.45, 7) is 19.1. The number of rotatable bonds is 3. The van der Waals surface area contributed by atoms with Crippen molar-refractivity contribution in [1.29, 1.82) is 0 Å². The number of hydrogen-bond donors (Lipinski definition) is 0. The fraction of sp³-hybridized carbons (Fsp3) is 0.308. The van der Waals surface area contributed by atoms with Gasteiger partial charge in [0.15, 0.2) is 0 Å². The van der Waals surface area contributed by atoms with E-state index in [0.29, 0.717) is 0 Å². The van der Waals surface area contributed by atoms with Gasteiger partial charge in [-0.3, -0.25) is 0 Å². The van der Waals surface area contributed by atoms with E-state index in [2.05, 4.69) is 191 Å². The van der Waals surface area contributed by atoms with Crippen molar-refractivity contribution in [2.45, 2.75) is 103 Å². The zero-order valence-corrected chi connectivity index (χ0v) is 34.3. The first kappa shape index (κ1) is 34.1. The molecule has 6 aromatic carbocycles. The third kappa shape index (κ3) is 4.36. The number of fused-ring (bicyclic) bond motifs is 10. The van der Waals surface area contributed by atoms with Gasteiger partial charge in [0.05, 0.1) is 16.7 Å². The Kier molecular flexibility index (Phi) is 6.82. The first-order valence-corrected chi connectivity index (χ1v) is 20.9. The Morgan fingerprint density at radius 1 is 0.589 bits per heavy atom. The molecule has 1 aliphatic carbocycles. The zero-order chi connectivity index (χ0) is 38.5. The number of benzene rings is 6. The minimum absolute atomic E-state index is 0.0420. The Morgan fingerprint density at radius 2 is 1.18 bits per heavy atom. The van der Waals surface area contributed by atoms with Crippen molar-refractivity contribution in [3.05, 3.63) is 138 Å². The average molecular weight is 730 g/mol. The van der Waals surface area contributed by atoms with Gasteiger partial charge >= 0.3 is 0 Å². The number of aromatic nitrogens is 1. The SMILES string of the molecule is CC(C)(C)c1ccc(N(c2ccc(C(C)(C)C)cc2)c2cc3c4c(c2)-n2c5ccccc5c5cccc(c52)B4c2cccc4c2N3C2(C)CCCCC42C)cc1. The van der Waals surface area contributed by atoms with Crippen LogP contribution in [-0.4, -0.2) is 16.8 Å². The summed E-state index contributed by atoms with van der Waals surface area (Å²) in [6.07, 6.45) is 4.94. The molecule has 1 fully saturated rings. The molecule has 0 N–H and O–H groups in total. The van der Waals surface area contributed by atoms with Crippen molar-refractivity contribution < 1.29 is 0 Å².